The molecule has 4 nitrogen and oxygen atoms in total. The second-order valence-corrected chi connectivity index (χ2v) is 4.56. The molecule has 0 saturated carbocycles. The van der Waals surface area contributed by atoms with Gasteiger partial charge in [0.1, 0.15) is 0 Å². The van der Waals surface area contributed by atoms with Gasteiger partial charge in [0.25, 0.3) is 0 Å². The Labute approximate surface area is 88.2 Å². The number of hydrogen-bond acceptors (Lipinski definition) is 2. The van der Waals surface area contributed by atoms with Gasteiger partial charge < -0.3 is 5.11 Å². The summed E-state index contributed by atoms with van der Waals surface area (Å²) in [5, 5.41) is 9.01. The highest BCUT2D eigenvalue weighted by atomic mass is 16.4. The van der Waals surface area contributed by atoms with Gasteiger partial charge in [-0.25, -0.2) is 4.79 Å². The van der Waals surface area contributed by atoms with E-state index in [4.69, 9.17) is 5.11 Å². The summed E-state index contributed by atoms with van der Waals surface area (Å²) in [5.41, 5.74) is 0.537. The van der Waals surface area contributed by atoms with E-state index in [2.05, 4.69) is 0 Å². The van der Waals surface area contributed by atoms with Crippen LogP contribution in [0.25, 0.3) is 0 Å². The summed E-state index contributed by atoms with van der Waals surface area (Å²) in [5.74, 6) is 0. The highest BCUT2D eigenvalue weighted by Crippen LogP contribution is 2.23. The average molecular weight is 209 g/mol. The van der Waals surface area contributed by atoms with E-state index in [0.29, 0.717) is 11.3 Å². The van der Waals surface area contributed by atoms with Crippen LogP contribution in [0, 0.1) is 6.92 Å². The van der Waals surface area contributed by atoms with Gasteiger partial charge in [-0.05, 0) is 6.92 Å². The summed E-state index contributed by atoms with van der Waals surface area (Å²) in [6, 6.07) is 1.28. The van der Waals surface area contributed by atoms with E-state index >= 15 is 0 Å². The van der Waals surface area contributed by atoms with Crippen LogP contribution in [-0.2, 0) is 5.41 Å². The van der Waals surface area contributed by atoms with Crippen LogP contribution in [0.15, 0.2) is 17.1 Å². The molecule has 15 heavy (non-hydrogen) atoms. The van der Waals surface area contributed by atoms with Gasteiger partial charge in [0, 0.05) is 28.9 Å². The van der Waals surface area contributed by atoms with Crippen molar-refractivity contribution in [2.45, 2.75) is 33.1 Å². The lowest BCUT2D eigenvalue weighted by Gasteiger charge is -2.24. The van der Waals surface area contributed by atoms with Crippen molar-refractivity contribution >= 4 is 6.09 Å². The van der Waals surface area contributed by atoms with Crippen LogP contribution in [0.5, 0.6) is 0 Å². The molecule has 4 heteroatoms. The van der Waals surface area contributed by atoms with Gasteiger partial charge in [0.15, 0.2) is 5.43 Å². The van der Waals surface area contributed by atoms with E-state index in [9.17, 15) is 9.59 Å². The summed E-state index contributed by atoms with van der Waals surface area (Å²) < 4.78 is 1.11. The first kappa shape index (κ1) is 11.5. The summed E-state index contributed by atoms with van der Waals surface area (Å²) >= 11 is 0. The molecule has 0 aliphatic rings. The minimum Gasteiger partial charge on any atom is -0.464 e. The van der Waals surface area contributed by atoms with Gasteiger partial charge in [-0.1, -0.05) is 20.8 Å². The van der Waals surface area contributed by atoms with Crippen molar-refractivity contribution in [1.82, 2.24) is 4.57 Å². The summed E-state index contributed by atoms with van der Waals surface area (Å²) in [6.07, 6.45) is 0.237. The molecule has 0 aromatic carbocycles. The molecule has 0 aliphatic heterocycles. The number of nitrogens with zero attached hydrogens (tertiary/aromatic N) is 1. The quantitative estimate of drug-likeness (QED) is 0.710. The summed E-state index contributed by atoms with van der Waals surface area (Å²) in [7, 11) is 0. The molecule has 0 aliphatic carbocycles. The number of hydrogen-bond donors (Lipinski definition) is 1. The Balaban J connectivity index is 3.64. The molecular formula is C11H15NO3. The van der Waals surface area contributed by atoms with Crippen molar-refractivity contribution in [3.05, 3.63) is 33.7 Å². The number of aromatic nitrogens is 1. The number of carbonyl (C=O) groups is 1. The van der Waals surface area contributed by atoms with Crippen molar-refractivity contribution in [2.75, 3.05) is 0 Å². The Morgan fingerprint density at radius 3 is 2.33 bits per heavy atom. The van der Waals surface area contributed by atoms with Crippen LogP contribution in [0.2, 0.25) is 0 Å². The molecular weight excluding hydrogens is 194 g/mol. The number of carboxylic acid groups (broad SMARTS) is 1. The summed E-state index contributed by atoms with van der Waals surface area (Å²) in [6.45, 7) is 7.30. The van der Waals surface area contributed by atoms with Crippen LogP contribution < -0.4 is 5.43 Å². The smallest absolute Gasteiger partial charge is 0.415 e. The monoisotopic (exact) mass is 209 g/mol. The first-order valence-corrected chi connectivity index (χ1v) is 4.71. The third-order valence-electron chi connectivity index (χ3n) is 2.26. The lowest BCUT2D eigenvalue weighted by molar-refractivity contribution is 0.194. The minimum absolute atomic E-state index is 0.127. The topological polar surface area (TPSA) is 59.3 Å². The molecule has 1 heterocycles. The molecule has 0 unspecified atom stereocenters. The fourth-order valence-corrected chi connectivity index (χ4v) is 1.72. The molecule has 0 spiro atoms. The molecule has 82 valence electrons. The van der Waals surface area contributed by atoms with Gasteiger partial charge in [-0.2, -0.15) is 0 Å². The molecule has 1 rings (SSSR count). The second-order valence-electron chi connectivity index (χ2n) is 4.56. The van der Waals surface area contributed by atoms with E-state index in [1.165, 1.54) is 12.3 Å². The average Bonchev–Trinajstić information content (AvgIpc) is 2.06. The molecule has 0 bridgehead atoms. The Kier molecular flexibility index (Phi) is 2.71. The molecule has 0 fully saturated rings. The van der Waals surface area contributed by atoms with Crippen molar-refractivity contribution in [1.29, 1.82) is 0 Å². The predicted octanol–water partition coefficient (Wildman–Crippen LogP) is 1.98. The molecule has 1 aromatic rings. The zero-order valence-electron chi connectivity index (χ0n) is 9.37. The van der Waals surface area contributed by atoms with Crippen molar-refractivity contribution < 1.29 is 9.90 Å². The van der Waals surface area contributed by atoms with Crippen LogP contribution in [-0.4, -0.2) is 15.8 Å². The molecule has 1 N–H and O–H groups in total. The lowest BCUT2D eigenvalue weighted by Crippen LogP contribution is -2.28. The SMILES string of the molecule is Cc1c(C(C)(C)C)n(C(=O)O)ccc1=O. The fourth-order valence-electron chi connectivity index (χ4n) is 1.72. The van der Waals surface area contributed by atoms with E-state index < -0.39 is 6.09 Å². The fraction of sp³-hybridized carbons (Fsp3) is 0.455. The Morgan fingerprint density at radius 1 is 1.40 bits per heavy atom. The molecule has 0 amide bonds. The number of pyridine rings is 1. The van der Waals surface area contributed by atoms with Gasteiger partial charge in [-0.15, -0.1) is 0 Å². The van der Waals surface area contributed by atoms with Gasteiger partial charge in [0.05, 0.1) is 0 Å². The maximum atomic E-state index is 11.5. The first-order valence-electron chi connectivity index (χ1n) is 4.71. The molecule has 0 atom stereocenters. The third kappa shape index (κ3) is 2.09. The Morgan fingerprint density at radius 2 is 1.93 bits per heavy atom. The number of rotatable bonds is 0. The van der Waals surface area contributed by atoms with Crippen LogP contribution in [0.3, 0.4) is 0 Å². The maximum absolute atomic E-state index is 11.5. The highest BCUT2D eigenvalue weighted by Gasteiger charge is 2.23. The van der Waals surface area contributed by atoms with Crippen LogP contribution in [0.4, 0.5) is 4.79 Å². The second kappa shape index (κ2) is 3.53. The van der Waals surface area contributed by atoms with Crippen LogP contribution in [0.1, 0.15) is 32.0 Å². The Bertz CT molecular complexity index is 452. The van der Waals surface area contributed by atoms with Gasteiger partial charge in [0.2, 0.25) is 0 Å². The Hall–Kier alpha value is -1.58. The molecule has 0 saturated heterocycles. The third-order valence-corrected chi connectivity index (χ3v) is 2.26. The predicted molar refractivity (Wildman–Crippen MR) is 57.6 cm³/mol. The van der Waals surface area contributed by atoms with Crippen molar-refractivity contribution in [3.8, 4) is 0 Å². The normalized spacial score (nSPS) is 11.5. The van der Waals surface area contributed by atoms with E-state index in [1.807, 2.05) is 20.8 Å². The van der Waals surface area contributed by atoms with Gasteiger partial charge in [-0.3, -0.25) is 9.36 Å². The van der Waals surface area contributed by atoms with E-state index in [1.54, 1.807) is 6.92 Å². The minimum atomic E-state index is -1.07. The van der Waals surface area contributed by atoms with E-state index in [-0.39, 0.29) is 10.8 Å². The maximum Gasteiger partial charge on any atom is 0.415 e. The lowest BCUT2D eigenvalue weighted by atomic mass is 9.88. The largest absolute Gasteiger partial charge is 0.464 e. The van der Waals surface area contributed by atoms with Crippen molar-refractivity contribution in [2.24, 2.45) is 0 Å². The van der Waals surface area contributed by atoms with Crippen molar-refractivity contribution in [3.63, 3.8) is 0 Å². The zero-order valence-corrected chi connectivity index (χ0v) is 9.37. The standard InChI is InChI=1S/C11H15NO3/c1-7-8(13)5-6-12(10(14)15)9(7)11(2,3)4/h5-6H,1-4H3,(H,14,15). The summed E-state index contributed by atoms with van der Waals surface area (Å²) in [4.78, 5) is 22.4. The molecule has 1 aromatic heterocycles. The van der Waals surface area contributed by atoms with Gasteiger partial charge >= 0.3 is 6.09 Å². The molecule has 0 radical (unpaired) electrons. The van der Waals surface area contributed by atoms with Crippen LogP contribution >= 0.6 is 0 Å². The van der Waals surface area contributed by atoms with E-state index in [0.717, 1.165) is 4.57 Å². The highest BCUT2D eigenvalue weighted by molar-refractivity contribution is 5.69. The first-order chi connectivity index (χ1) is 6.75. The zero-order chi connectivity index (χ0) is 11.8.